The van der Waals surface area contributed by atoms with Crippen molar-refractivity contribution in [3.63, 3.8) is 0 Å². The van der Waals surface area contributed by atoms with Crippen molar-refractivity contribution >= 4 is 22.9 Å². The molecule has 0 aromatic carbocycles. The van der Waals surface area contributed by atoms with E-state index in [-0.39, 0.29) is 0 Å². The van der Waals surface area contributed by atoms with Gasteiger partial charge >= 0.3 is 0 Å². The maximum atomic E-state index is 5.85. The molecule has 0 aliphatic carbocycles. The summed E-state index contributed by atoms with van der Waals surface area (Å²) in [6, 6.07) is 2.57. The van der Waals surface area contributed by atoms with Crippen LogP contribution in [0.15, 0.2) is 6.07 Å². The van der Waals surface area contributed by atoms with Gasteiger partial charge in [0.15, 0.2) is 0 Å². The van der Waals surface area contributed by atoms with Gasteiger partial charge in [0.05, 0.1) is 11.3 Å². The molecule has 0 fully saturated rings. The van der Waals surface area contributed by atoms with Crippen LogP contribution >= 0.6 is 12.2 Å². The zero-order chi connectivity index (χ0) is 13.9. The second kappa shape index (κ2) is 6.14. The van der Waals surface area contributed by atoms with Crippen molar-refractivity contribution in [2.24, 2.45) is 5.73 Å². The fraction of sp³-hybridized carbons (Fsp3) is 0.571. The molecule has 18 heavy (non-hydrogen) atoms. The standard InChI is InChI=1S/C14H23N3S/c1-6-11(7-2)17(5)12-8-9(3)16-10(4)13(12)14(15)18/h8,11H,6-7H2,1-5H3,(H2,15,18). The second-order valence-electron chi connectivity index (χ2n) is 4.69. The first kappa shape index (κ1) is 14.9. The fourth-order valence-electron chi connectivity index (χ4n) is 2.42. The van der Waals surface area contributed by atoms with E-state index in [1.807, 2.05) is 13.8 Å². The number of aromatic nitrogens is 1. The van der Waals surface area contributed by atoms with Crippen molar-refractivity contribution < 1.29 is 0 Å². The van der Waals surface area contributed by atoms with Gasteiger partial charge < -0.3 is 10.6 Å². The smallest absolute Gasteiger partial charge is 0.107 e. The zero-order valence-corrected chi connectivity index (χ0v) is 12.8. The number of nitrogens with zero attached hydrogens (tertiary/aromatic N) is 2. The molecule has 0 radical (unpaired) electrons. The Morgan fingerprint density at radius 1 is 1.39 bits per heavy atom. The lowest BCUT2D eigenvalue weighted by molar-refractivity contribution is 0.591. The predicted molar refractivity (Wildman–Crippen MR) is 82.4 cm³/mol. The van der Waals surface area contributed by atoms with Gasteiger partial charge in [-0.05, 0) is 32.8 Å². The molecule has 1 aromatic rings. The monoisotopic (exact) mass is 265 g/mol. The lowest BCUT2D eigenvalue weighted by atomic mass is 10.1. The molecule has 2 N–H and O–H groups in total. The Morgan fingerprint density at radius 2 is 1.94 bits per heavy atom. The molecule has 0 atom stereocenters. The molecule has 0 aliphatic heterocycles. The highest BCUT2D eigenvalue weighted by Crippen LogP contribution is 2.26. The highest BCUT2D eigenvalue weighted by Gasteiger charge is 2.18. The molecule has 0 unspecified atom stereocenters. The molecule has 0 saturated carbocycles. The summed E-state index contributed by atoms with van der Waals surface area (Å²) in [5.41, 5.74) is 9.77. The van der Waals surface area contributed by atoms with E-state index in [1.165, 1.54) is 0 Å². The summed E-state index contributed by atoms with van der Waals surface area (Å²) in [5, 5.41) is 0. The first-order valence-electron chi connectivity index (χ1n) is 6.43. The number of thiocarbonyl (C=S) groups is 1. The van der Waals surface area contributed by atoms with Crippen LogP contribution < -0.4 is 10.6 Å². The van der Waals surface area contributed by atoms with E-state index in [9.17, 15) is 0 Å². The lowest BCUT2D eigenvalue weighted by Gasteiger charge is -2.30. The van der Waals surface area contributed by atoms with Crippen molar-refractivity contribution in [1.82, 2.24) is 4.98 Å². The minimum atomic E-state index is 0.424. The van der Waals surface area contributed by atoms with Crippen molar-refractivity contribution in [2.45, 2.75) is 46.6 Å². The summed E-state index contributed by atoms with van der Waals surface area (Å²) in [6.07, 6.45) is 2.20. The number of hydrogen-bond donors (Lipinski definition) is 1. The van der Waals surface area contributed by atoms with E-state index in [0.717, 1.165) is 35.5 Å². The van der Waals surface area contributed by atoms with Gasteiger partial charge in [0.1, 0.15) is 4.99 Å². The molecule has 0 spiro atoms. The highest BCUT2D eigenvalue weighted by atomic mass is 32.1. The largest absolute Gasteiger partial charge is 0.389 e. The van der Waals surface area contributed by atoms with Crippen molar-refractivity contribution in [3.05, 3.63) is 23.0 Å². The van der Waals surface area contributed by atoms with Crippen LogP contribution in [0.3, 0.4) is 0 Å². The molecule has 0 bridgehead atoms. The van der Waals surface area contributed by atoms with Gasteiger partial charge in [-0.25, -0.2) is 0 Å². The molecule has 0 saturated heterocycles. The van der Waals surface area contributed by atoms with Crippen molar-refractivity contribution in [3.8, 4) is 0 Å². The SMILES string of the molecule is CCC(CC)N(C)c1cc(C)nc(C)c1C(N)=S. The average Bonchev–Trinajstić information content (AvgIpc) is 2.28. The van der Waals surface area contributed by atoms with Crippen LogP contribution in [0.2, 0.25) is 0 Å². The van der Waals surface area contributed by atoms with Crippen LogP contribution in [0.5, 0.6) is 0 Å². The quantitative estimate of drug-likeness (QED) is 0.831. The van der Waals surface area contributed by atoms with Gasteiger partial charge in [-0.15, -0.1) is 0 Å². The van der Waals surface area contributed by atoms with E-state index in [1.54, 1.807) is 0 Å². The maximum Gasteiger partial charge on any atom is 0.107 e. The summed E-state index contributed by atoms with van der Waals surface area (Å²) in [6.45, 7) is 8.37. The number of aryl methyl sites for hydroxylation is 2. The van der Waals surface area contributed by atoms with Gasteiger partial charge in [0, 0.05) is 24.5 Å². The molecule has 4 heteroatoms. The van der Waals surface area contributed by atoms with Crippen LogP contribution in [-0.4, -0.2) is 23.1 Å². The Balaban J connectivity index is 3.33. The summed E-state index contributed by atoms with van der Waals surface area (Å²) < 4.78 is 0. The number of rotatable bonds is 5. The molecule has 3 nitrogen and oxygen atoms in total. The Kier molecular flexibility index (Phi) is 5.08. The molecular formula is C14H23N3S. The van der Waals surface area contributed by atoms with Crippen LogP contribution in [0, 0.1) is 13.8 Å². The Morgan fingerprint density at radius 3 is 2.39 bits per heavy atom. The van der Waals surface area contributed by atoms with Crippen LogP contribution in [0.1, 0.15) is 43.6 Å². The molecular weight excluding hydrogens is 242 g/mol. The average molecular weight is 265 g/mol. The van der Waals surface area contributed by atoms with Crippen LogP contribution in [0.25, 0.3) is 0 Å². The minimum absolute atomic E-state index is 0.424. The normalized spacial score (nSPS) is 10.8. The number of anilines is 1. The predicted octanol–water partition coefficient (Wildman–Crippen LogP) is 2.96. The maximum absolute atomic E-state index is 5.85. The summed E-state index contributed by atoms with van der Waals surface area (Å²) in [4.78, 5) is 7.15. The molecule has 1 heterocycles. The van der Waals surface area contributed by atoms with E-state index in [4.69, 9.17) is 18.0 Å². The van der Waals surface area contributed by atoms with Crippen molar-refractivity contribution in [2.75, 3.05) is 11.9 Å². The highest BCUT2D eigenvalue weighted by molar-refractivity contribution is 7.80. The number of pyridine rings is 1. The third kappa shape index (κ3) is 2.99. The molecule has 0 amide bonds. The van der Waals surface area contributed by atoms with Gasteiger partial charge in [0.2, 0.25) is 0 Å². The third-order valence-electron chi connectivity index (χ3n) is 3.42. The molecule has 1 aromatic heterocycles. The van der Waals surface area contributed by atoms with E-state index in [2.05, 4.69) is 36.8 Å². The summed E-state index contributed by atoms with van der Waals surface area (Å²) in [7, 11) is 2.10. The van der Waals surface area contributed by atoms with Gasteiger partial charge in [-0.3, -0.25) is 4.98 Å². The third-order valence-corrected chi connectivity index (χ3v) is 3.63. The first-order chi connectivity index (χ1) is 8.42. The Bertz CT molecular complexity index is 439. The Labute approximate surface area is 115 Å². The van der Waals surface area contributed by atoms with Crippen LogP contribution in [-0.2, 0) is 0 Å². The first-order valence-corrected chi connectivity index (χ1v) is 6.84. The molecule has 0 aliphatic rings. The van der Waals surface area contributed by atoms with E-state index in [0.29, 0.717) is 11.0 Å². The van der Waals surface area contributed by atoms with Crippen molar-refractivity contribution in [1.29, 1.82) is 0 Å². The fourth-order valence-corrected chi connectivity index (χ4v) is 2.68. The zero-order valence-electron chi connectivity index (χ0n) is 11.9. The molecule has 1 rings (SSSR count). The van der Waals surface area contributed by atoms with E-state index >= 15 is 0 Å². The topological polar surface area (TPSA) is 42.2 Å². The summed E-state index contributed by atoms with van der Waals surface area (Å²) in [5.74, 6) is 0. The second-order valence-corrected chi connectivity index (χ2v) is 5.13. The lowest BCUT2D eigenvalue weighted by Crippen LogP contribution is -2.32. The molecule has 100 valence electrons. The number of hydrogen-bond acceptors (Lipinski definition) is 3. The summed E-state index contributed by atoms with van der Waals surface area (Å²) >= 11 is 5.17. The van der Waals surface area contributed by atoms with Gasteiger partial charge in [-0.2, -0.15) is 0 Å². The number of nitrogens with two attached hydrogens (primary N) is 1. The van der Waals surface area contributed by atoms with Crippen LogP contribution in [0.4, 0.5) is 5.69 Å². The minimum Gasteiger partial charge on any atom is -0.389 e. The van der Waals surface area contributed by atoms with Gasteiger partial charge in [-0.1, -0.05) is 26.1 Å². The van der Waals surface area contributed by atoms with E-state index < -0.39 is 0 Å². The Hall–Kier alpha value is -1.16. The van der Waals surface area contributed by atoms with Gasteiger partial charge in [0.25, 0.3) is 0 Å².